The molecule has 2 N–H and O–H groups in total. The van der Waals surface area contributed by atoms with Gasteiger partial charge in [0, 0.05) is 11.9 Å². The minimum Gasteiger partial charge on any atom is -0.347 e. The Hall–Kier alpha value is -2.93. The first-order chi connectivity index (χ1) is 13.0. The average Bonchev–Trinajstić information content (AvgIpc) is 3.03. The van der Waals surface area contributed by atoms with Crippen molar-refractivity contribution in [2.24, 2.45) is 0 Å². The smallest absolute Gasteiger partial charge is 0.250 e. The second kappa shape index (κ2) is 7.00. The van der Waals surface area contributed by atoms with Crippen LogP contribution in [0.15, 0.2) is 48.5 Å². The van der Waals surface area contributed by atoms with Gasteiger partial charge in [-0.15, -0.1) is 5.10 Å². The normalized spacial score (nSPS) is 18.5. The van der Waals surface area contributed by atoms with Crippen molar-refractivity contribution >= 4 is 29.4 Å². The van der Waals surface area contributed by atoms with Crippen LogP contribution >= 0.6 is 11.6 Å². The maximum Gasteiger partial charge on any atom is 0.250 e. The van der Waals surface area contributed by atoms with Crippen LogP contribution in [-0.2, 0) is 4.79 Å². The molecule has 1 amide bonds. The largest absolute Gasteiger partial charge is 0.347 e. The molecule has 0 bridgehead atoms. The Morgan fingerprint density at radius 1 is 1.19 bits per heavy atom. The van der Waals surface area contributed by atoms with E-state index < -0.39 is 0 Å². The summed E-state index contributed by atoms with van der Waals surface area (Å²) in [6.45, 7) is 1.40. The molecule has 1 aromatic heterocycles. The Balaban J connectivity index is 1.74. The van der Waals surface area contributed by atoms with E-state index in [0.29, 0.717) is 17.4 Å². The molecule has 8 heteroatoms. The van der Waals surface area contributed by atoms with E-state index >= 15 is 0 Å². The second-order valence-corrected chi connectivity index (χ2v) is 6.87. The number of carbonyl (C=O) groups excluding carboxylic acids is 1. The van der Waals surface area contributed by atoms with Gasteiger partial charge in [0.15, 0.2) is 0 Å². The van der Waals surface area contributed by atoms with Gasteiger partial charge < -0.3 is 5.32 Å². The van der Waals surface area contributed by atoms with Gasteiger partial charge in [-0.05, 0) is 41.8 Å². The van der Waals surface area contributed by atoms with Gasteiger partial charge in [0.2, 0.25) is 11.9 Å². The highest BCUT2D eigenvalue weighted by Gasteiger charge is 2.31. The molecule has 0 unspecified atom stereocenters. The van der Waals surface area contributed by atoms with Crippen LogP contribution < -0.4 is 10.6 Å². The summed E-state index contributed by atoms with van der Waals surface area (Å²) in [7, 11) is 0. The lowest BCUT2D eigenvalue weighted by Crippen LogP contribution is -2.28. The van der Waals surface area contributed by atoms with Crippen LogP contribution in [0.1, 0.15) is 36.6 Å². The van der Waals surface area contributed by atoms with Crippen LogP contribution in [-0.4, -0.2) is 20.7 Å². The van der Waals surface area contributed by atoms with Crippen molar-refractivity contribution in [1.82, 2.24) is 14.8 Å². The standard InChI is InChI=1S/C19H17ClFN5O/c1-11(27)22-18-24-19-23-16(12-2-6-14(20)7-3-12)10-17(26(19)25-18)13-4-8-15(21)9-5-13/h2-9,16-17H,10H2,1H3,(H2,22,23,24,25,27)/t16-,17-/m1/s1. The Kier molecular flexibility index (Phi) is 4.53. The van der Waals surface area contributed by atoms with Gasteiger partial charge in [-0.2, -0.15) is 4.98 Å². The van der Waals surface area contributed by atoms with Crippen LogP contribution in [0.25, 0.3) is 0 Å². The lowest BCUT2D eigenvalue weighted by molar-refractivity contribution is -0.114. The fourth-order valence-corrected chi connectivity index (χ4v) is 3.39. The molecule has 0 radical (unpaired) electrons. The number of amides is 1. The van der Waals surface area contributed by atoms with Crippen LogP contribution in [0.4, 0.5) is 16.3 Å². The van der Waals surface area contributed by atoms with Crippen LogP contribution in [0.5, 0.6) is 0 Å². The van der Waals surface area contributed by atoms with E-state index in [2.05, 4.69) is 20.7 Å². The number of hydrogen-bond donors (Lipinski definition) is 2. The third-order valence-corrected chi connectivity index (χ3v) is 4.76. The molecule has 4 rings (SSSR count). The molecular formula is C19H17ClFN5O. The van der Waals surface area contributed by atoms with Gasteiger partial charge in [0.25, 0.3) is 5.95 Å². The van der Waals surface area contributed by atoms with Gasteiger partial charge in [-0.1, -0.05) is 35.9 Å². The number of anilines is 2. The highest BCUT2D eigenvalue weighted by Crippen LogP contribution is 2.38. The minimum absolute atomic E-state index is 0.0285. The fourth-order valence-electron chi connectivity index (χ4n) is 3.26. The van der Waals surface area contributed by atoms with Crippen molar-refractivity contribution in [2.45, 2.75) is 25.4 Å². The maximum atomic E-state index is 13.4. The lowest BCUT2D eigenvalue weighted by Gasteiger charge is -2.31. The first kappa shape index (κ1) is 17.5. The zero-order valence-corrected chi connectivity index (χ0v) is 15.2. The number of benzene rings is 2. The number of halogens is 2. The summed E-state index contributed by atoms with van der Waals surface area (Å²) in [5.74, 6) is 0.235. The lowest BCUT2D eigenvalue weighted by atomic mass is 9.93. The van der Waals surface area contributed by atoms with Crippen LogP contribution in [0.2, 0.25) is 5.02 Å². The quantitative estimate of drug-likeness (QED) is 0.709. The van der Waals surface area contributed by atoms with E-state index in [1.807, 2.05) is 24.3 Å². The first-order valence-corrected chi connectivity index (χ1v) is 8.89. The average molecular weight is 386 g/mol. The molecule has 0 fully saturated rings. The molecule has 0 saturated heterocycles. The fraction of sp³-hybridized carbons (Fsp3) is 0.211. The predicted octanol–water partition coefficient (Wildman–Crippen LogP) is 4.18. The molecule has 138 valence electrons. The maximum absolute atomic E-state index is 13.4. The van der Waals surface area contributed by atoms with Crippen LogP contribution in [0.3, 0.4) is 0 Å². The third-order valence-electron chi connectivity index (χ3n) is 4.50. The van der Waals surface area contributed by atoms with Crippen molar-refractivity contribution in [3.63, 3.8) is 0 Å². The number of nitrogens with zero attached hydrogens (tertiary/aromatic N) is 3. The predicted molar refractivity (Wildman–Crippen MR) is 101 cm³/mol. The SMILES string of the molecule is CC(=O)Nc1nc2n(n1)[C@@H](c1ccc(F)cc1)C[C@H](c1ccc(Cl)cc1)N2. The number of nitrogens with one attached hydrogen (secondary N) is 2. The second-order valence-electron chi connectivity index (χ2n) is 6.44. The van der Waals surface area contributed by atoms with Gasteiger partial charge in [0.05, 0.1) is 12.1 Å². The van der Waals surface area contributed by atoms with Crippen molar-refractivity contribution < 1.29 is 9.18 Å². The molecule has 1 aliphatic rings. The summed E-state index contributed by atoms with van der Waals surface area (Å²) >= 11 is 6.00. The van der Waals surface area contributed by atoms with E-state index in [4.69, 9.17) is 11.6 Å². The Bertz CT molecular complexity index is 971. The van der Waals surface area contributed by atoms with E-state index in [-0.39, 0.29) is 29.8 Å². The highest BCUT2D eigenvalue weighted by atomic mass is 35.5. The zero-order chi connectivity index (χ0) is 19.0. The van der Waals surface area contributed by atoms with Crippen molar-refractivity contribution in [3.8, 4) is 0 Å². The van der Waals surface area contributed by atoms with E-state index in [1.54, 1.807) is 16.8 Å². The molecule has 1 aliphatic heterocycles. The van der Waals surface area contributed by atoms with Crippen molar-refractivity contribution in [2.75, 3.05) is 10.6 Å². The topological polar surface area (TPSA) is 71.8 Å². The van der Waals surface area contributed by atoms with E-state index in [1.165, 1.54) is 19.1 Å². The van der Waals surface area contributed by atoms with Crippen molar-refractivity contribution in [1.29, 1.82) is 0 Å². The molecule has 0 aliphatic carbocycles. The molecular weight excluding hydrogens is 369 g/mol. The molecule has 3 aromatic rings. The third kappa shape index (κ3) is 3.64. The van der Waals surface area contributed by atoms with Gasteiger partial charge in [-0.25, -0.2) is 9.07 Å². The summed E-state index contributed by atoms with van der Waals surface area (Å²) in [5, 5.41) is 11.0. The highest BCUT2D eigenvalue weighted by molar-refractivity contribution is 6.30. The Morgan fingerprint density at radius 3 is 2.52 bits per heavy atom. The van der Waals surface area contributed by atoms with Gasteiger partial charge >= 0.3 is 0 Å². The zero-order valence-electron chi connectivity index (χ0n) is 14.5. The summed E-state index contributed by atoms with van der Waals surface area (Å²) in [6.07, 6.45) is 0.684. The minimum atomic E-state index is -0.292. The molecule has 2 aromatic carbocycles. The first-order valence-electron chi connectivity index (χ1n) is 8.51. The molecule has 2 heterocycles. The Morgan fingerprint density at radius 2 is 1.85 bits per heavy atom. The molecule has 0 saturated carbocycles. The molecule has 27 heavy (non-hydrogen) atoms. The summed E-state index contributed by atoms with van der Waals surface area (Å²) < 4.78 is 15.1. The van der Waals surface area contributed by atoms with Crippen LogP contribution in [0, 0.1) is 5.82 Å². The number of hydrogen-bond acceptors (Lipinski definition) is 4. The van der Waals surface area contributed by atoms with Gasteiger partial charge in [-0.3, -0.25) is 10.1 Å². The summed E-state index contributed by atoms with van der Waals surface area (Å²) in [6, 6.07) is 13.8. The molecule has 6 nitrogen and oxygen atoms in total. The molecule has 2 atom stereocenters. The van der Waals surface area contributed by atoms with E-state index in [0.717, 1.165) is 11.1 Å². The van der Waals surface area contributed by atoms with Gasteiger partial charge in [0.1, 0.15) is 5.82 Å². The van der Waals surface area contributed by atoms with Crippen molar-refractivity contribution in [3.05, 3.63) is 70.5 Å². The molecule has 0 spiro atoms. The number of carbonyl (C=O) groups is 1. The monoisotopic (exact) mass is 385 g/mol. The summed E-state index contributed by atoms with van der Waals surface area (Å²) in [4.78, 5) is 15.7. The Labute approximate surface area is 160 Å². The summed E-state index contributed by atoms with van der Waals surface area (Å²) in [5.41, 5.74) is 1.97. The van der Waals surface area contributed by atoms with E-state index in [9.17, 15) is 9.18 Å². The number of fused-ring (bicyclic) bond motifs is 1. The number of rotatable bonds is 3. The number of aromatic nitrogens is 3.